The van der Waals surface area contributed by atoms with Crippen LogP contribution in [0.5, 0.6) is 0 Å². The van der Waals surface area contributed by atoms with Crippen molar-refractivity contribution in [1.82, 2.24) is 19.0 Å². The van der Waals surface area contributed by atoms with Crippen LogP contribution in [0.25, 0.3) is 16.7 Å². The molecule has 0 radical (unpaired) electrons. The van der Waals surface area contributed by atoms with Crippen molar-refractivity contribution in [3.05, 3.63) is 46.0 Å². The van der Waals surface area contributed by atoms with E-state index in [2.05, 4.69) is 4.98 Å². The molecule has 0 aliphatic heterocycles. The average Bonchev–Trinajstić information content (AvgIpc) is 2.95. The molecule has 3 aromatic heterocycles. The number of rotatable bonds is 3. The molecule has 0 N–H and O–H groups in total. The van der Waals surface area contributed by atoms with E-state index in [0.29, 0.717) is 29.4 Å². The summed E-state index contributed by atoms with van der Waals surface area (Å²) in [7, 11) is 0. The largest absolute Gasteiger partial charge is 0.434 e. The first-order chi connectivity index (χ1) is 11.1. The molecule has 0 fully saturated rings. The summed E-state index contributed by atoms with van der Waals surface area (Å²) in [6, 6.07) is 6.48. The zero-order valence-electron chi connectivity index (χ0n) is 12.7. The van der Waals surface area contributed by atoms with E-state index in [1.54, 1.807) is 30.5 Å². The van der Waals surface area contributed by atoms with E-state index in [9.17, 15) is 9.59 Å². The molecule has 0 bridgehead atoms. The Labute approximate surface area is 136 Å². The van der Waals surface area contributed by atoms with Crippen molar-refractivity contribution in [1.29, 1.82) is 0 Å². The first kappa shape index (κ1) is 15.4. The first-order valence-electron chi connectivity index (χ1n) is 7.22. The minimum absolute atomic E-state index is 0.286. The molecular weight excluding hydrogens is 320 g/mol. The van der Waals surface area contributed by atoms with Crippen molar-refractivity contribution >= 4 is 34.4 Å². The summed E-state index contributed by atoms with van der Waals surface area (Å²) in [5.74, 6) is 0. The summed E-state index contributed by atoms with van der Waals surface area (Å²) in [5, 5.41) is 0.364. The molecule has 0 aromatic carbocycles. The van der Waals surface area contributed by atoms with Crippen LogP contribution in [0.2, 0.25) is 5.15 Å². The lowest BCUT2D eigenvalue weighted by molar-refractivity contribution is 0.0968. The number of pyridine rings is 1. The first-order valence-corrected chi connectivity index (χ1v) is 7.60. The zero-order chi connectivity index (χ0) is 16.6. The fraction of sp³-hybridized carbons (Fsp3) is 0.267. The third kappa shape index (κ3) is 2.43. The van der Waals surface area contributed by atoms with Gasteiger partial charge < -0.3 is 9.74 Å². The van der Waals surface area contributed by atoms with Crippen LogP contribution < -0.4 is 10.4 Å². The molecule has 1 amide bonds. The summed E-state index contributed by atoms with van der Waals surface area (Å²) >= 11 is 6.14. The van der Waals surface area contributed by atoms with E-state index >= 15 is 0 Å². The molecule has 120 valence electrons. The van der Waals surface area contributed by atoms with E-state index in [1.165, 1.54) is 9.30 Å². The minimum atomic E-state index is -0.593. The van der Waals surface area contributed by atoms with E-state index in [0.717, 1.165) is 4.73 Å². The molecule has 0 aliphatic rings. The molecule has 0 atom stereocenters. The fourth-order valence-electron chi connectivity index (χ4n) is 2.44. The minimum Gasteiger partial charge on any atom is -0.313 e. The Bertz CT molecular complexity index is 943. The van der Waals surface area contributed by atoms with Crippen LogP contribution in [-0.2, 0) is 0 Å². The number of aromatic nitrogens is 3. The molecule has 23 heavy (non-hydrogen) atoms. The van der Waals surface area contributed by atoms with Crippen LogP contribution in [0.15, 0.2) is 35.3 Å². The van der Waals surface area contributed by atoms with Gasteiger partial charge in [-0.25, -0.2) is 9.78 Å². The van der Waals surface area contributed by atoms with Gasteiger partial charge in [-0.1, -0.05) is 11.6 Å². The third-order valence-electron chi connectivity index (χ3n) is 3.62. The smallest absolute Gasteiger partial charge is 0.313 e. The Kier molecular flexibility index (Phi) is 3.96. The van der Waals surface area contributed by atoms with E-state index < -0.39 is 11.7 Å². The predicted octanol–water partition coefficient (Wildman–Crippen LogP) is 2.19. The maximum absolute atomic E-state index is 12.7. The summed E-state index contributed by atoms with van der Waals surface area (Å²) < 4.78 is 2.50. The zero-order valence-corrected chi connectivity index (χ0v) is 13.4. The molecule has 3 aromatic rings. The maximum atomic E-state index is 12.7. The van der Waals surface area contributed by atoms with Crippen LogP contribution in [0.3, 0.4) is 0 Å². The van der Waals surface area contributed by atoms with Gasteiger partial charge in [0.1, 0.15) is 16.2 Å². The quantitative estimate of drug-likeness (QED) is 0.736. The molecule has 3 heterocycles. The summed E-state index contributed by atoms with van der Waals surface area (Å²) in [6.07, 6.45) is 0.989. The maximum Gasteiger partial charge on any atom is 0.434 e. The fourth-order valence-corrected chi connectivity index (χ4v) is 2.67. The topological polar surface area (TPSA) is 68.8 Å². The lowest BCUT2D eigenvalue weighted by Crippen LogP contribution is -2.41. The van der Waals surface area contributed by atoms with Gasteiger partial charge in [-0.2, -0.15) is 0 Å². The number of fused-ring (bicyclic) bond motifs is 3. The van der Waals surface area contributed by atoms with Crippen LogP contribution in [-0.4, -0.2) is 38.2 Å². The Balaban J connectivity index is 2.25. The Morgan fingerprint density at radius 3 is 2.70 bits per heavy atom. The molecule has 8 heteroatoms. The van der Waals surface area contributed by atoms with Crippen molar-refractivity contribution in [2.24, 2.45) is 0 Å². The standard InChI is InChI=1S/C15H15ClN4O3/c1-3-18(4-2)15(22)23-20-10-6-5-9-17-13(10)19-11(14(20)21)7-8-12(19)16/h5-9H,3-4H2,1-2H3. The predicted molar refractivity (Wildman–Crippen MR) is 86.9 cm³/mol. The molecule has 0 spiro atoms. The highest BCUT2D eigenvalue weighted by Gasteiger charge is 2.19. The van der Waals surface area contributed by atoms with Crippen LogP contribution in [0.4, 0.5) is 4.79 Å². The number of halogens is 1. The van der Waals surface area contributed by atoms with E-state index in [-0.39, 0.29) is 5.52 Å². The van der Waals surface area contributed by atoms with Crippen molar-refractivity contribution < 1.29 is 9.63 Å². The Morgan fingerprint density at radius 1 is 1.26 bits per heavy atom. The molecule has 0 saturated carbocycles. The van der Waals surface area contributed by atoms with Crippen molar-refractivity contribution in [3.8, 4) is 0 Å². The SMILES string of the molecule is CCN(CC)C(=O)On1c(=O)c2ccc(Cl)n2c2ncccc21. The Morgan fingerprint density at radius 2 is 2.00 bits per heavy atom. The van der Waals surface area contributed by atoms with E-state index in [4.69, 9.17) is 16.4 Å². The summed E-state index contributed by atoms with van der Waals surface area (Å²) in [5.41, 5.74) is 0.611. The van der Waals surface area contributed by atoms with Crippen LogP contribution in [0, 0.1) is 0 Å². The third-order valence-corrected chi connectivity index (χ3v) is 3.92. The monoisotopic (exact) mass is 334 g/mol. The van der Waals surface area contributed by atoms with Crippen molar-refractivity contribution in [2.45, 2.75) is 13.8 Å². The van der Waals surface area contributed by atoms with Gasteiger partial charge in [-0.05, 0) is 38.1 Å². The lowest BCUT2D eigenvalue weighted by Gasteiger charge is -2.19. The second kappa shape index (κ2) is 5.92. The highest BCUT2D eigenvalue weighted by Crippen LogP contribution is 2.18. The van der Waals surface area contributed by atoms with Crippen molar-refractivity contribution in [2.75, 3.05) is 13.1 Å². The van der Waals surface area contributed by atoms with Gasteiger partial charge in [0.05, 0.1) is 0 Å². The molecule has 0 unspecified atom stereocenters. The number of nitrogens with zero attached hydrogens (tertiary/aromatic N) is 4. The van der Waals surface area contributed by atoms with Gasteiger partial charge in [0, 0.05) is 19.3 Å². The molecule has 3 rings (SSSR count). The summed E-state index contributed by atoms with van der Waals surface area (Å²) in [4.78, 5) is 35.9. The van der Waals surface area contributed by atoms with Crippen LogP contribution in [0.1, 0.15) is 13.8 Å². The van der Waals surface area contributed by atoms with Gasteiger partial charge in [-0.3, -0.25) is 9.20 Å². The normalized spacial score (nSPS) is 11.1. The molecule has 0 aliphatic carbocycles. The van der Waals surface area contributed by atoms with Gasteiger partial charge in [0.25, 0.3) is 0 Å². The second-order valence-electron chi connectivity index (χ2n) is 4.85. The highest BCUT2D eigenvalue weighted by atomic mass is 35.5. The van der Waals surface area contributed by atoms with Gasteiger partial charge >= 0.3 is 11.7 Å². The van der Waals surface area contributed by atoms with Gasteiger partial charge in [0.15, 0.2) is 5.65 Å². The number of carbonyl (C=O) groups excluding carboxylic acids is 1. The molecule has 0 saturated heterocycles. The summed E-state index contributed by atoms with van der Waals surface area (Å²) in [6.45, 7) is 4.64. The van der Waals surface area contributed by atoms with Crippen LogP contribution >= 0.6 is 11.6 Å². The van der Waals surface area contributed by atoms with Crippen molar-refractivity contribution in [3.63, 3.8) is 0 Å². The highest BCUT2D eigenvalue weighted by molar-refractivity contribution is 6.30. The average molecular weight is 335 g/mol. The van der Waals surface area contributed by atoms with E-state index in [1.807, 2.05) is 13.8 Å². The lowest BCUT2D eigenvalue weighted by atomic mass is 10.4. The van der Waals surface area contributed by atoms with Gasteiger partial charge in [-0.15, -0.1) is 4.73 Å². The number of hydrogen-bond acceptors (Lipinski definition) is 4. The second-order valence-corrected chi connectivity index (χ2v) is 5.24. The van der Waals surface area contributed by atoms with Gasteiger partial charge in [0.2, 0.25) is 0 Å². The molecular formula is C15H15ClN4O3. The number of amides is 1. The number of hydrogen-bond donors (Lipinski definition) is 0. The molecule has 7 nitrogen and oxygen atoms in total. The Hall–Kier alpha value is -2.54. The number of carbonyl (C=O) groups is 1.